The minimum Gasteiger partial charge on any atom is -0.492 e. The Morgan fingerprint density at radius 2 is 1.77 bits per heavy atom. The molecular weight excluding hydrogens is 412 g/mol. The van der Waals surface area contributed by atoms with Crippen molar-refractivity contribution in [2.24, 2.45) is 0 Å². The highest BCUT2D eigenvalue weighted by atomic mass is 32.2. The number of carbonyl (C=O) groups is 1. The predicted molar refractivity (Wildman–Crippen MR) is 125 cm³/mol. The molecule has 3 rings (SSSR count). The second-order valence-corrected chi connectivity index (χ2v) is 9.33. The third-order valence-corrected chi connectivity index (χ3v) is 6.16. The summed E-state index contributed by atoms with van der Waals surface area (Å²) in [5.74, 6) is 0.369. The number of fused-ring (bicyclic) bond motifs is 1. The molecule has 1 N–H and O–H groups in total. The van der Waals surface area contributed by atoms with E-state index in [1.165, 1.54) is 4.31 Å². The van der Waals surface area contributed by atoms with Crippen LogP contribution in [0.5, 0.6) is 5.75 Å². The number of carbonyl (C=O) groups excluding carboxylic acids is 1. The molecule has 0 saturated carbocycles. The molecule has 0 saturated heterocycles. The van der Waals surface area contributed by atoms with Gasteiger partial charge >= 0.3 is 0 Å². The van der Waals surface area contributed by atoms with Crippen molar-refractivity contribution >= 4 is 32.4 Å². The lowest BCUT2D eigenvalue weighted by atomic mass is 10.1. The number of ether oxygens (including phenoxy) is 1. The van der Waals surface area contributed by atoms with Gasteiger partial charge in [0.15, 0.2) is 0 Å². The van der Waals surface area contributed by atoms with Crippen LogP contribution in [0.1, 0.15) is 18.9 Å². The van der Waals surface area contributed by atoms with E-state index in [1.54, 1.807) is 25.1 Å². The Kier molecular flexibility index (Phi) is 7.17. The molecule has 3 aromatic carbocycles. The molecule has 164 valence electrons. The number of amides is 1. The highest BCUT2D eigenvalue weighted by Gasteiger charge is 2.31. The van der Waals surface area contributed by atoms with Crippen LogP contribution in [0.2, 0.25) is 0 Å². The molecule has 0 radical (unpaired) electrons. The molecule has 6 nitrogen and oxygen atoms in total. The fourth-order valence-electron chi connectivity index (χ4n) is 3.54. The summed E-state index contributed by atoms with van der Waals surface area (Å²) in [6.07, 6.45) is 1.46. The first-order valence-corrected chi connectivity index (χ1v) is 12.1. The van der Waals surface area contributed by atoms with Crippen molar-refractivity contribution < 1.29 is 17.9 Å². The first-order valence-electron chi connectivity index (χ1n) is 10.2. The molecule has 31 heavy (non-hydrogen) atoms. The summed E-state index contributed by atoms with van der Waals surface area (Å²) in [6, 6.07) is 20.1. The lowest BCUT2D eigenvalue weighted by Gasteiger charge is -2.30. The summed E-state index contributed by atoms with van der Waals surface area (Å²) >= 11 is 0. The Hall–Kier alpha value is -3.06. The molecule has 0 spiro atoms. The number of benzene rings is 3. The van der Waals surface area contributed by atoms with E-state index in [0.717, 1.165) is 28.3 Å². The summed E-state index contributed by atoms with van der Waals surface area (Å²) in [5.41, 5.74) is 1.40. The van der Waals surface area contributed by atoms with E-state index in [-0.39, 0.29) is 19.1 Å². The maximum absolute atomic E-state index is 12.8. The van der Waals surface area contributed by atoms with Gasteiger partial charge < -0.3 is 10.1 Å². The molecule has 0 aliphatic heterocycles. The average Bonchev–Trinajstić information content (AvgIpc) is 2.73. The second kappa shape index (κ2) is 9.83. The van der Waals surface area contributed by atoms with Crippen molar-refractivity contribution in [3.8, 4) is 5.75 Å². The minimum absolute atomic E-state index is 0.271. The van der Waals surface area contributed by atoms with Gasteiger partial charge in [-0.1, -0.05) is 49.4 Å². The number of nitrogens with one attached hydrogen (secondary N) is 1. The van der Waals surface area contributed by atoms with E-state index in [4.69, 9.17) is 4.74 Å². The van der Waals surface area contributed by atoms with Crippen molar-refractivity contribution in [2.45, 2.75) is 26.3 Å². The van der Waals surface area contributed by atoms with Gasteiger partial charge in [-0.05, 0) is 53.9 Å². The summed E-state index contributed by atoms with van der Waals surface area (Å²) < 4.78 is 31.9. The van der Waals surface area contributed by atoms with Crippen LogP contribution in [0.15, 0.2) is 66.7 Å². The van der Waals surface area contributed by atoms with Crippen molar-refractivity contribution in [3.05, 3.63) is 72.3 Å². The van der Waals surface area contributed by atoms with Gasteiger partial charge in [0.1, 0.15) is 18.4 Å². The smallest absolute Gasteiger partial charge is 0.244 e. The molecule has 0 aliphatic rings. The lowest BCUT2D eigenvalue weighted by molar-refractivity contribution is -0.122. The summed E-state index contributed by atoms with van der Waals surface area (Å²) in [4.78, 5) is 12.8. The monoisotopic (exact) mass is 440 g/mol. The van der Waals surface area contributed by atoms with Crippen LogP contribution in [-0.4, -0.2) is 39.8 Å². The van der Waals surface area contributed by atoms with Crippen LogP contribution >= 0.6 is 0 Å². The van der Waals surface area contributed by atoms with Crippen LogP contribution in [-0.2, 0) is 14.8 Å². The molecule has 0 fully saturated rings. The van der Waals surface area contributed by atoms with Gasteiger partial charge in [-0.2, -0.15) is 0 Å². The van der Waals surface area contributed by atoms with Crippen LogP contribution < -0.4 is 14.4 Å². The molecule has 0 heterocycles. The Balaban J connectivity index is 1.64. The van der Waals surface area contributed by atoms with E-state index in [9.17, 15) is 13.2 Å². The zero-order chi connectivity index (χ0) is 22.4. The molecular formula is C24H28N2O4S. The van der Waals surface area contributed by atoms with Crippen molar-refractivity contribution in [3.63, 3.8) is 0 Å². The first-order chi connectivity index (χ1) is 14.8. The lowest BCUT2D eigenvalue weighted by Crippen LogP contribution is -2.50. The predicted octanol–water partition coefficient (Wildman–Crippen LogP) is 3.89. The topological polar surface area (TPSA) is 75.7 Å². The standard InChI is InChI=1S/C24H28N2O4S/c1-4-23(26(31(3,28)29)21-11-7-8-18(2)16-21)24(27)25-14-15-30-22-13-12-19-9-5-6-10-20(19)17-22/h5-13,16-17,23H,4,14-15H2,1-3H3,(H,25,27)/t23-/m1/s1. The van der Waals surface area contributed by atoms with E-state index in [1.807, 2.05) is 55.5 Å². The zero-order valence-electron chi connectivity index (χ0n) is 18.0. The number of hydrogen-bond acceptors (Lipinski definition) is 4. The van der Waals surface area contributed by atoms with Gasteiger partial charge in [-0.15, -0.1) is 0 Å². The van der Waals surface area contributed by atoms with Crippen molar-refractivity contribution in [1.82, 2.24) is 5.32 Å². The Morgan fingerprint density at radius 1 is 1.03 bits per heavy atom. The highest BCUT2D eigenvalue weighted by molar-refractivity contribution is 7.92. The maximum Gasteiger partial charge on any atom is 0.244 e. The van der Waals surface area contributed by atoms with Gasteiger partial charge in [0.2, 0.25) is 15.9 Å². The summed E-state index contributed by atoms with van der Waals surface area (Å²) in [7, 11) is -3.64. The van der Waals surface area contributed by atoms with Crippen LogP contribution in [0.3, 0.4) is 0 Å². The van der Waals surface area contributed by atoms with E-state index >= 15 is 0 Å². The molecule has 1 amide bonds. The number of nitrogens with zero attached hydrogens (tertiary/aromatic N) is 1. The Morgan fingerprint density at radius 3 is 2.45 bits per heavy atom. The summed E-state index contributed by atoms with van der Waals surface area (Å²) in [5, 5.41) is 5.02. The van der Waals surface area contributed by atoms with Gasteiger partial charge in [-0.25, -0.2) is 8.42 Å². The molecule has 1 atom stereocenters. The molecule has 3 aromatic rings. The van der Waals surface area contributed by atoms with E-state index < -0.39 is 16.1 Å². The number of hydrogen-bond donors (Lipinski definition) is 1. The highest BCUT2D eigenvalue weighted by Crippen LogP contribution is 2.23. The third kappa shape index (κ3) is 5.76. The summed E-state index contributed by atoms with van der Waals surface area (Å²) in [6.45, 7) is 4.23. The quantitative estimate of drug-likeness (QED) is 0.512. The Labute approximate surface area is 183 Å². The first kappa shape index (κ1) is 22.6. The average molecular weight is 441 g/mol. The largest absolute Gasteiger partial charge is 0.492 e. The second-order valence-electron chi connectivity index (χ2n) is 7.47. The molecule has 0 unspecified atom stereocenters. The zero-order valence-corrected chi connectivity index (χ0v) is 18.9. The van der Waals surface area contributed by atoms with Crippen LogP contribution in [0.25, 0.3) is 10.8 Å². The fraction of sp³-hybridized carbons (Fsp3) is 0.292. The molecule has 0 aliphatic carbocycles. The maximum atomic E-state index is 12.8. The van der Waals surface area contributed by atoms with Crippen molar-refractivity contribution in [2.75, 3.05) is 23.7 Å². The van der Waals surface area contributed by atoms with Crippen LogP contribution in [0, 0.1) is 6.92 Å². The Bertz CT molecular complexity index is 1160. The van der Waals surface area contributed by atoms with E-state index in [2.05, 4.69) is 5.32 Å². The van der Waals surface area contributed by atoms with Crippen molar-refractivity contribution in [1.29, 1.82) is 0 Å². The SMILES string of the molecule is CC[C@H](C(=O)NCCOc1ccc2ccccc2c1)N(c1cccc(C)c1)S(C)(=O)=O. The third-order valence-electron chi connectivity index (χ3n) is 4.98. The van der Waals surface area contributed by atoms with Crippen LogP contribution in [0.4, 0.5) is 5.69 Å². The van der Waals surface area contributed by atoms with Gasteiger partial charge in [0, 0.05) is 0 Å². The van der Waals surface area contributed by atoms with Gasteiger partial charge in [0.25, 0.3) is 0 Å². The molecule has 7 heteroatoms. The normalized spacial score (nSPS) is 12.4. The molecule has 0 bridgehead atoms. The van der Waals surface area contributed by atoms with E-state index in [0.29, 0.717) is 12.1 Å². The van der Waals surface area contributed by atoms with Gasteiger partial charge in [0.05, 0.1) is 18.5 Å². The molecule has 0 aromatic heterocycles. The number of rotatable bonds is 9. The van der Waals surface area contributed by atoms with Gasteiger partial charge in [-0.3, -0.25) is 9.10 Å². The number of sulfonamides is 1. The fourth-order valence-corrected chi connectivity index (χ4v) is 4.75. The number of aryl methyl sites for hydroxylation is 1. The number of anilines is 1. The minimum atomic E-state index is -3.64.